The number of ether oxygens (including phenoxy) is 1. The zero-order chi connectivity index (χ0) is 21.2. The van der Waals surface area contributed by atoms with Crippen LogP contribution in [0.15, 0.2) is 58.9 Å². The van der Waals surface area contributed by atoms with Gasteiger partial charge in [-0.25, -0.2) is 0 Å². The lowest BCUT2D eigenvalue weighted by Gasteiger charge is -2.07. The number of carboxylic acid groups (broad SMARTS) is 1. The molecule has 9 nitrogen and oxygen atoms in total. The van der Waals surface area contributed by atoms with Crippen molar-refractivity contribution in [2.45, 2.75) is 6.42 Å². The number of carbonyl (C=O) groups is 3. The third kappa shape index (κ3) is 7.41. The Balaban J connectivity index is 1.88. The highest BCUT2D eigenvalue weighted by atomic mass is 16.5. The van der Waals surface area contributed by atoms with E-state index in [9.17, 15) is 14.4 Å². The number of ketones is 1. The SMILES string of the molecule is CN(C)/N=N/c1ccc(C(=O)c2ccc(OCCC(=O)NCC(=O)O)cc2)cc1. The number of carbonyl (C=O) groups excluding carboxylic acids is 2. The number of amides is 1. The summed E-state index contributed by atoms with van der Waals surface area (Å²) < 4.78 is 5.44. The highest BCUT2D eigenvalue weighted by Gasteiger charge is 2.10. The van der Waals surface area contributed by atoms with E-state index in [1.807, 2.05) is 0 Å². The third-order valence-electron chi connectivity index (χ3n) is 3.62. The highest BCUT2D eigenvalue weighted by molar-refractivity contribution is 6.09. The fraction of sp³-hybridized carbons (Fsp3) is 0.250. The number of rotatable bonds is 10. The van der Waals surface area contributed by atoms with Crippen LogP contribution >= 0.6 is 0 Å². The summed E-state index contributed by atoms with van der Waals surface area (Å²) in [6, 6.07) is 13.4. The third-order valence-corrected chi connectivity index (χ3v) is 3.62. The number of hydrogen-bond acceptors (Lipinski definition) is 6. The number of hydrogen-bond donors (Lipinski definition) is 2. The van der Waals surface area contributed by atoms with Crippen LogP contribution in [0.1, 0.15) is 22.3 Å². The van der Waals surface area contributed by atoms with Gasteiger partial charge in [-0.15, -0.1) is 5.11 Å². The van der Waals surface area contributed by atoms with Crippen molar-refractivity contribution in [3.8, 4) is 5.75 Å². The molecule has 29 heavy (non-hydrogen) atoms. The molecule has 0 fully saturated rings. The van der Waals surface area contributed by atoms with Gasteiger partial charge in [0.2, 0.25) is 5.91 Å². The molecule has 0 saturated heterocycles. The molecule has 0 atom stereocenters. The fourth-order valence-electron chi connectivity index (χ4n) is 2.21. The molecule has 0 aliphatic heterocycles. The second-order valence-electron chi connectivity index (χ2n) is 6.21. The van der Waals surface area contributed by atoms with Crippen LogP contribution in [0.25, 0.3) is 0 Å². The lowest BCUT2D eigenvalue weighted by atomic mass is 10.0. The van der Waals surface area contributed by atoms with E-state index in [1.165, 1.54) is 0 Å². The topological polar surface area (TPSA) is 121 Å². The zero-order valence-corrected chi connectivity index (χ0v) is 16.2. The first-order valence-corrected chi connectivity index (χ1v) is 8.80. The van der Waals surface area contributed by atoms with Crippen molar-refractivity contribution < 1.29 is 24.2 Å². The Morgan fingerprint density at radius 3 is 2.14 bits per heavy atom. The molecule has 0 radical (unpaired) electrons. The van der Waals surface area contributed by atoms with Gasteiger partial charge in [-0.3, -0.25) is 19.4 Å². The zero-order valence-electron chi connectivity index (χ0n) is 16.2. The first kappa shape index (κ1) is 21.5. The maximum absolute atomic E-state index is 12.6. The van der Waals surface area contributed by atoms with Gasteiger partial charge < -0.3 is 15.2 Å². The number of aliphatic carboxylic acids is 1. The van der Waals surface area contributed by atoms with Crippen LogP contribution in [0, 0.1) is 0 Å². The molecule has 2 rings (SSSR count). The van der Waals surface area contributed by atoms with Gasteiger partial charge in [0, 0.05) is 25.2 Å². The molecule has 0 aliphatic rings. The van der Waals surface area contributed by atoms with E-state index in [0.717, 1.165) is 0 Å². The van der Waals surface area contributed by atoms with Gasteiger partial charge >= 0.3 is 5.97 Å². The number of benzene rings is 2. The fourth-order valence-corrected chi connectivity index (χ4v) is 2.21. The lowest BCUT2D eigenvalue weighted by Crippen LogP contribution is -2.30. The van der Waals surface area contributed by atoms with Gasteiger partial charge in [0.05, 0.1) is 18.7 Å². The van der Waals surface area contributed by atoms with Crippen LogP contribution < -0.4 is 10.1 Å². The smallest absolute Gasteiger partial charge is 0.322 e. The molecule has 9 heteroatoms. The Morgan fingerprint density at radius 1 is 1.00 bits per heavy atom. The Labute approximate surface area is 168 Å². The standard InChI is InChI=1S/C20H22N4O5/c1-24(2)23-22-16-7-3-14(4-8-16)20(28)15-5-9-17(10-6-15)29-12-11-18(25)21-13-19(26)27/h3-10H,11-13H2,1-2H3,(H,21,25)(H,26,27)/b23-22+. The van der Waals surface area contributed by atoms with Crippen molar-refractivity contribution in [3.63, 3.8) is 0 Å². The minimum atomic E-state index is -1.10. The van der Waals surface area contributed by atoms with Crippen LogP contribution in [0.2, 0.25) is 0 Å². The summed E-state index contributed by atoms with van der Waals surface area (Å²) in [5.74, 6) is -1.15. The summed E-state index contributed by atoms with van der Waals surface area (Å²) >= 11 is 0. The van der Waals surface area contributed by atoms with E-state index in [-0.39, 0.29) is 18.8 Å². The Hall–Kier alpha value is -3.75. The minimum Gasteiger partial charge on any atom is -0.493 e. The van der Waals surface area contributed by atoms with E-state index < -0.39 is 18.4 Å². The molecule has 0 bridgehead atoms. The Kier molecular flexibility index (Phi) is 7.84. The first-order chi connectivity index (χ1) is 13.8. The number of nitrogens with zero attached hydrogens (tertiary/aromatic N) is 3. The van der Waals surface area contributed by atoms with Gasteiger partial charge in [-0.05, 0) is 48.5 Å². The number of carboxylic acids is 1. The molecule has 2 aromatic rings. The average Bonchev–Trinajstić information content (AvgIpc) is 2.71. The molecule has 0 unspecified atom stereocenters. The predicted octanol–water partition coefficient (Wildman–Crippen LogP) is 2.45. The van der Waals surface area contributed by atoms with Gasteiger partial charge in [-0.1, -0.05) is 5.22 Å². The normalized spacial score (nSPS) is 10.6. The molecule has 152 valence electrons. The molecule has 0 saturated carbocycles. The largest absolute Gasteiger partial charge is 0.493 e. The van der Waals surface area contributed by atoms with Crippen molar-refractivity contribution in [1.82, 2.24) is 10.3 Å². The summed E-state index contributed by atoms with van der Waals surface area (Å²) in [5, 5.41) is 20.2. The Morgan fingerprint density at radius 2 is 1.59 bits per heavy atom. The van der Waals surface area contributed by atoms with Gasteiger partial charge in [0.25, 0.3) is 0 Å². The van der Waals surface area contributed by atoms with E-state index in [2.05, 4.69) is 15.7 Å². The molecular weight excluding hydrogens is 376 g/mol. The van der Waals surface area contributed by atoms with Crippen molar-refractivity contribution >= 4 is 23.3 Å². The first-order valence-electron chi connectivity index (χ1n) is 8.80. The van der Waals surface area contributed by atoms with Crippen molar-refractivity contribution in [1.29, 1.82) is 0 Å². The molecule has 0 aliphatic carbocycles. The summed E-state index contributed by atoms with van der Waals surface area (Å²) in [6.07, 6.45) is 0.0332. The van der Waals surface area contributed by atoms with Gasteiger partial charge in [-0.2, -0.15) is 0 Å². The van der Waals surface area contributed by atoms with Gasteiger partial charge in [0.1, 0.15) is 12.3 Å². The molecule has 2 aromatic carbocycles. The van der Waals surface area contributed by atoms with Crippen molar-refractivity contribution in [2.24, 2.45) is 10.3 Å². The quantitative estimate of drug-likeness (QED) is 0.360. The van der Waals surface area contributed by atoms with Crippen LogP contribution in [-0.4, -0.2) is 55.0 Å². The molecular formula is C20H22N4O5. The summed E-state index contributed by atoms with van der Waals surface area (Å²) in [6.45, 7) is -0.323. The lowest BCUT2D eigenvalue weighted by molar-refractivity contribution is -0.138. The summed E-state index contributed by atoms with van der Waals surface area (Å²) in [4.78, 5) is 34.4. The molecule has 2 N–H and O–H groups in total. The maximum atomic E-state index is 12.6. The minimum absolute atomic E-state index is 0.0332. The second kappa shape index (κ2) is 10.5. The van der Waals surface area contributed by atoms with Crippen LogP contribution in [-0.2, 0) is 9.59 Å². The molecule has 1 amide bonds. The highest BCUT2D eigenvalue weighted by Crippen LogP contribution is 2.18. The average molecular weight is 398 g/mol. The van der Waals surface area contributed by atoms with Crippen LogP contribution in [0.5, 0.6) is 5.75 Å². The molecule has 0 aromatic heterocycles. The van der Waals surface area contributed by atoms with Crippen LogP contribution in [0.3, 0.4) is 0 Å². The van der Waals surface area contributed by atoms with Gasteiger partial charge in [0.15, 0.2) is 5.78 Å². The summed E-state index contributed by atoms with van der Waals surface area (Å²) in [7, 11) is 3.53. The number of nitrogens with one attached hydrogen (secondary N) is 1. The van der Waals surface area contributed by atoms with Crippen molar-refractivity contribution in [3.05, 3.63) is 59.7 Å². The Bertz CT molecular complexity index is 877. The van der Waals surface area contributed by atoms with E-state index in [0.29, 0.717) is 22.6 Å². The van der Waals surface area contributed by atoms with E-state index >= 15 is 0 Å². The molecule has 0 spiro atoms. The van der Waals surface area contributed by atoms with Crippen LogP contribution in [0.4, 0.5) is 5.69 Å². The maximum Gasteiger partial charge on any atom is 0.322 e. The molecule has 0 heterocycles. The predicted molar refractivity (Wildman–Crippen MR) is 105 cm³/mol. The second-order valence-corrected chi connectivity index (χ2v) is 6.21. The van der Waals surface area contributed by atoms with Crippen molar-refractivity contribution in [2.75, 3.05) is 27.2 Å². The van der Waals surface area contributed by atoms with E-state index in [4.69, 9.17) is 9.84 Å². The van der Waals surface area contributed by atoms with E-state index in [1.54, 1.807) is 67.6 Å². The monoisotopic (exact) mass is 398 g/mol. The summed E-state index contributed by atoms with van der Waals surface area (Å²) in [5.41, 5.74) is 1.67.